The molecule has 0 amide bonds. The lowest BCUT2D eigenvalue weighted by Gasteiger charge is -2.41. The smallest absolute Gasteiger partial charge is 0.462 e. The summed E-state index contributed by atoms with van der Waals surface area (Å²) in [4.78, 5) is 35.7. The van der Waals surface area contributed by atoms with Gasteiger partial charge in [-0.3, -0.25) is 18.6 Å². The number of aliphatic hydroxyl groups is 5. The van der Waals surface area contributed by atoms with Crippen molar-refractivity contribution >= 4 is 19.8 Å². The summed E-state index contributed by atoms with van der Waals surface area (Å²) >= 11 is 0. The molecule has 0 bridgehead atoms. The number of unbranched alkanes of at least 4 members (excludes halogenated alkanes) is 10. The third kappa shape index (κ3) is 29.4. The molecule has 0 aliphatic heterocycles. The van der Waals surface area contributed by atoms with Crippen molar-refractivity contribution in [2.24, 2.45) is 0 Å². The van der Waals surface area contributed by atoms with Gasteiger partial charge < -0.3 is 39.9 Å². The zero-order valence-corrected chi connectivity index (χ0v) is 38.3. The van der Waals surface area contributed by atoms with E-state index in [2.05, 4.69) is 98.9 Å². The lowest BCUT2D eigenvalue weighted by atomic mass is 9.85. The third-order valence-electron chi connectivity index (χ3n) is 9.97. The molecule has 6 atom stereocenters. The van der Waals surface area contributed by atoms with Crippen molar-refractivity contribution in [3.05, 3.63) is 85.1 Å². The molecule has 13 nitrogen and oxygen atoms in total. The van der Waals surface area contributed by atoms with E-state index < -0.39 is 75.7 Å². The Balaban J connectivity index is 2.51. The van der Waals surface area contributed by atoms with E-state index in [1.807, 2.05) is 0 Å². The Hall–Kier alpha value is -2.97. The van der Waals surface area contributed by atoms with Gasteiger partial charge in [-0.2, -0.15) is 0 Å². The summed E-state index contributed by atoms with van der Waals surface area (Å²) in [5, 5.41) is 50.1. The van der Waals surface area contributed by atoms with E-state index in [4.69, 9.17) is 18.5 Å². The van der Waals surface area contributed by atoms with E-state index in [0.29, 0.717) is 12.8 Å². The van der Waals surface area contributed by atoms with Gasteiger partial charge in [-0.1, -0.05) is 137 Å². The lowest BCUT2D eigenvalue weighted by molar-refractivity contribution is -0.220. The van der Waals surface area contributed by atoms with Crippen LogP contribution in [0.4, 0.5) is 0 Å². The highest BCUT2D eigenvalue weighted by Crippen LogP contribution is 2.47. The predicted octanol–water partition coefficient (Wildman–Crippen LogP) is 8.89. The summed E-state index contributed by atoms with van der Waals surface area (Å²) in [6.07, 6.45) is 34.9. The Morgan fingerprint density at radius 2 is 0.919 bits per heavy atom. The number of aliphatic hydroxyl groups excluding tert-OH is 5. The first-order chi connectivity index (χ1) is 29.9. The fourth-order valence-corrected chi connectivity index (χ4v) is 7.24. The molecule has 0 heterocycles. The van der Waals surface area contributed by atoms with E-state index in [1.165, 1.54) is 12.8 Å². The largest absolute Gasteiger partial charge is 0.472 e. The highest BCUT2D eigenvalue weighted by atomic mass is 31.2. The number of carbonyl (C=O) groups excluding carboxylic acids is 2. The van der Waals surface area contributed by atoms with Crippen LogP contribution in [0.15, 0.2) is 85.1 Å². The van der Waals surface area contributed by atoms with E-state index in [0.717, 1.165) is 96.3 Å². The molecule has 1 aliphatic carbocycles. The number of hydrogen-bond acceptors (Lipinski definition) is 12. The monoisotopic (exact) mass is 895 g/mol. The number of carbonyl (C=O) groups is 2. The van der Waals surface area contributed by atoms with E-state index in [-0.39, 0.29) is 12.8 Å². The number of esters is 2. The quantitative estimate of drug-likeness (QED) is 0.0150. The molecule has 354 valence electrons. The standard InChI is InChI=1S/C48H79O13P/c1-3-5-7-9-11-13-15-17-19-20-21-22-23-25-27-29-31-33-35-37-42(50)60-40(39-59-62(56,57)61-48-46(54)44(52)43(51)45(53)47(48)55)38-58-41(49)36-34-32-30-28-26-24-18-16-14-12-10-8-6-4-2/h5,7,10-13,16-19,21-22,25,27,40,43-48,51-55H,3-4,6,8-9,14-15,20,23-24,26,28-39H2,1-2H3,(H,56,57)/b7-5-,12-10-,13-11-,18-16-,19-17-,22-21-,27-25-. The SMILES string of the molecule is CC/C=C\C/C=C\C/C=C\C/C=C\C/C=C\CCCCCC(=O)OC(COC(=O)CCCCCCC/C=C\C/C=C\CCCC)COP(=O)(O)OC1C(O)C(O)C(O)C(O)C1O. The average Bonchev–Trinajstić information content (AvgIpc) is 3.25. The van der Waals surface area contributed by atoms with Crippen LogP contribution in [0.5, 0.6) is 0 Å². The van der Waals surface area contributed by atoms with Gasteiger partial charge in [0.15, 0.2) is 6.10 Å². The number of allylic oxidation sites excluding steroid dienone is 14. The Labute approximate surface area is 371 Å². The van der Waals surface area contributed by atoms with E-state index in [1.54, 1.807) is 0 Å². The zero-order valence-electron chi connectivity index (χ0n) is 37.4. The minimum Gasteiger partial charge on any atom is -0.462 e. The van der Waals surface area contributed by atoms with Crippen molar-refractivity contribution in [3.63, 3.8) is 0 Å². The Bertz CT molecular complexity index is 1400. The van der Waals surface area contributed by atoms with Gasteiger partial charge in [-0.05, 0) is 83.5 Å². The van der Waals surface area contributed by atoms with Gasteiger partial charge in [0, 0.05) is 12.8 Å². The van der Waals surface area contributed by atoms with Gasteiger partial charge >= 0.3 is 19.8 Å². The molecule has 0 aromatic heterocycles. The second-order valence-corrected chi connectivity index (χ2v) is 16.9. The first-order valence-corrected chi connectivity index (χ1v) is 24.4. The molecule has 14 heteroatoms. The highest BCUT2D eigenvalue weighted by molar-refractivity contribution is 7.47. The summed E-state index contributed by atoms with van der Waals surface area (Å²) in [6, 6.07) is 0. The second-order valence-electron chi connectivity index (χ2n) is 15.5. The molecule has 1 fully saturated rings. The first-order valence-electron chi connectivity index (χ1n) is 22.9. The van der Waals surface area contributed by atoms with Crippen molar-refractivity contribution in [1.29, 1.82) is 0 Å². The van der Waals surface area contributed by atoms with Gasteiger partial charge in [0.2, 0.25) is 0 Å². The predicted molar refractivity (Wildman–Crippen MR) is 244 cm³/mol. The topological polar surface area (TPSA) is 210 Å². The van der Waals surface area contributed by atoms with Crippen LogP contribution in [-0.2, 0) is 32.7 Å². The van der Waals surface area contributed by atoms with Gasteiger partial charge in [0.05, 0.1) is 6.61 Å². The van der Waals surface area contributed by atoms with Crippen LogP contribution in [0.1, 0.15) is 149 Å². The molecule has 0 saturated heterocycles. The molecule has 6 unspecified atom stereocenters. The van der Waals surface area contributed by atoms with Crippen LogP contribution >= 0.6 is 7.82 Å². The molecule has 1 aliphatic rings. The van der Waals surface area contributed by atoms with Crippen molar-refractivity contribution in [2.45, 2.75) is 191 Å². The van der Waals surface area contributed by atoms with Gasteiger partial charge in [-0.15, -0.1) is 0 Å². The fourth-order valence-electron chi connectivity index (χ4n) is 6.27. The minimum absolute atomic E-state index is 0.0495. The van der Waals surface area contributed by atoms with Gasteiger partial charge in [0.1, 0.15) is 43.2 Å². The number of phosphoric acid groups is 1. The molecule has 1 rings (SSSR count). The molecule has 0 spiro atoms. The van der Waals surface area contributed by atoms with Crippen LogP contribution in [0, 0.1) is 0 Å². The fraction of sp³-hybridized carbons (Fsp3) is 0.667. The van der Waals surface area contributed by atoms with E-state index >= 15 is 0 Å². The first kappa shape index (κ1) is 57.0. The van der Waals surface area contributed by atoms with Crippen molar-refractivity contribution in [2.75, 3.05) is 13.2 Å². The summed E-state index contributed by atoms with van der Waals surface area (Å²) in [5.74, 6) is -1.16. The van der Waals surface area contributed by atoms with Crippen LogP contribution in [0.3, 0.4) is 0 Å². The highest BCUT2D eigenvalue weighted by Gasteiger charge is 2.51. The molecular weight excluding hydrogens is 815 g/mol. The molecule has 62 heavy (non-hydrogen) atoms. The maximum atomic E-state index is 12.8. The molecule has 0 aromatic rings. The van der Waals surface area contributed by atoms with Crippen molar-refractivity contribution in [1.82, 2.24) is 0 Å². The number of ether oxygens (including phenoxy) is 2. The summed E-state index contributed by atoms with van der Waals surface area (Å²) in [7, 11) is -5.14. The van der Waals surface area contributed by atoms with E-state index in [9.17, 15) is 44.6 Å². The van der Waals surface area contributed by atoms with Crippen LogP contribution in [0.2, 0.25) is 0 Å². The number of hydrogen-bond donors (Lipinski definition) is 6. The van der Waals surface area contributed by atoms with Crippen molar-refractivity contribution < 1.29 is 63.1 Å². The van der Waals surface area contributed by atoms with Gasteiger partial charge in [-0.25, -0.2) is 4.57 Å². The van der Waals surface area contributed by atoms with Crippen LogP contribution in [-0.4, -0.2) is 98.3 Å². The molecule has 6 N–H and O–H groups in total. The maximum absolute atomic E-state index is 12.8. The van der Waals surface area contributed by atoms with Crippen LogP contribution < -0.4 is 0 Å². The summed E-state index contributed by atoms with van der Waals surface area (Å²) in [6.45, 7) is 3.09. The van der Waals surface area contributed by atoms with Gasteiger partial charge in [0.25, 0.3) is 0 Å². The van der Waals surface area contributed by atoms with Crippen LogP contribution in [0.25, 0.3) is 0 Å². The molecule has 0 aromatic carbocycles. The Morgan fingerprint density at radius 1 is 0.516 bits per heavy atom. The minimum atomic E-state index is -5.14. The Kier molecular flexibility index (Phi) is 34.4. The van der Waals surface area contributed by atoms with Crippen molar-refractivity contribution in [3.8, 4) is 0 Å². The summed E-state index contributed by atoms with van der Waals surface area (Å²) < 4.78 is 33.5. The Morgan fingerprint density at radius 3 is 1.42 bits per heavy atom. The molecular formula is C48H79O13P. The zero-order chi connectivity index (χ0) is 45.7. The third-order valence-corrected chi connectivity index (χ3v) is 11.0. The molecule has 0 radical (unpaired) electrons. The normalized spacial score (nSPS) is 22.6. The lowest BCUT2D eigenvalue weighted by Crippen LogP contribution is -2.64. The second kappa shape index (κ2) is 37.4. The maximum Gasteiger partial charge on any atom is 0.472 e. The number of rotatable bonds is 36. The number of phosphoric ester groups is 1. The molecule has 1 saturated carbocycles. The average molecular weight is 895 g/mol. The summed E-state index contributed by atoms with van der Waals surface area (Å²) in [5.41, 5.74) is 0.